The standard InChI is InChI=1S/C10H13ClN2O2/c1-3-12-5-4-9(14)13(10(12)15)7-8(2)6-11/h4-6H,3,7H2,1-2H3/b8-6+. The van der Waals surface area contributed by atoms with Gasteiger partial charge in [0.05, 0.1) is 6.54 Å². The number of hydrogen-bond donors (Lipinski definition) is 0. The van der Waals surface area contributed by atoms with Gasteiger partial charge in [-0.25, -0.2) is 4.79 Å². The highest BCUT2D eigenvalue weighted by Gasteiger charge is 2.03. The Morgan fingerprint density at radius 1 is 1.53 bits per heavy atom. The van der Waals surface area contributed by atoms with Crippen LogP contribution in [0.15, 0.2) is 33.0 Å². The average Bonchev–Trinajstić information content (AvgIpc) is 2.24. The second-order valence-corrected chi connectivity index (χ2v) is 3.48. The molecule has 0 saturated carbocycles. The van der Waals surface area contributed by atoms with Gasteiger partial charge in [-0.3, -0.25) is 9.36 Å². The van der Waals surface area contributed by atoms with Crippen molar-refractivity contribution < 1.29 is 0 Å². The molecule has 0 saturated heterocycles. The van der Waals surface area contributed by atoms with Crippen LogP contribution in [0.2, 0.25) is 0 Å². The molecular weight excluding hydrogens is 216 g/mol. The van der Waals surface area contributed by atoms with Crippen LogP contribution in [0.3, 0.4) is 0 Å². The molecule has 0 aliphatic heterocycles. The fourth-order valence-electron chi connectivity index (χ4n) is 1.23. The zero-order valence-electron chi connectivity index (χ0n) is 8.74. The van der Waals surface area contributed by atoms with Crippen molar-refractivity contribution >= 4 is 11.6 Å². The predicted octanol–water partition coefficient (Wildman–Crippen LogP) is 1.17. The van der Waals surface area contributed by atoms with Gasteiger partial charge in [0.1, 0.15) is 0 Å². The van der Waals surface area contributed by atoms with Crippen LogP contribution in [-0.2, 0) is 13.1 Å². The number of aryl methyl sites for hydroxylation is 1. The molecule has 0 aliphatic rings. The summed E-state index contributed by atoms with van der Waals surface area (Å²) in [7, 11) is 0. The minimum atomic E-state index is -0.303. The summed E-state index contributed by atoms with van der Waals surface area (Å²) in [5, 5.41) is 0. The van der Waals surface area contributed by atoms with E-state index in [0.29, 0.717) is 6.54 Å². The summed E-state index contributed by atoms with van der Waals surface area (Å²) < 4.78 is 2.64. The molecule has 82 valence electrons. The van der Waals surface area contributed by atoms with Gasteiger partial charge in [0.25, 0.3) is 5.56 Å². The molecule has 15 heavy (non-hydrogen) atoms. The summed E-state index contributed by atoms with van der Waals surface area (Å²) in [5.74, 6) is 0. The van der Waals surface area contributed by atoms with Crippen LogP contribution in [0.25, 0.3) is 0 Å². The fraction of sp³-hybridized carbons (Fsp3) is 0.400. The molecule has 1 heterocycles. The van der Waals surface area contributed by atoms with Crippen LogP contribution >= 0.6 is 11.6 Å². The molecular formula is C10H13ClN2O2. The van der Waals surface area contributed by atoms with Crippen molar-refractivity contribution in [1.82, 2.24) is 9.13 Å². The van der Waals surface area contributed by atoms with Gasteiger partial charge < -0.3 is 4.57 Å². The third-order valence-corrected chi connectivity index (χ3v) is 2.45. The number of halogens is 1. The first-order chi connectivity index (χ1) is 7.10. The summed E-state index contributed by atoms with van der Waals surface area (Å²) in [5.41, 5.74) is 1.53. The minimum Gasteiger partial charge on any atom is -0.301 e. The highest BCUT2D eigenvalue weighted by molar-refractivity contribution is 6.25. The molecule has 0 spiro atoms. The van der Waals surface area contributed by atoms with E-state index in [4.69, 9.17) is 11.6 Å². The molecule has 0 unspecified atom stereocenters. The molecule has 1 aromatic heterocycles. The van der Waals surface area contributed by atoms with Gasteiger partial charge in [-0.05, 0) is 19.4 Å². The Kier molecular flexibility index (Phi) is 3.91. The number of allylic oxidation sites excluding steroid dienone is 1. The second kappa shape index (κ2) is 4.98. The van der Waals surface area contributed by atoms with Crippen LogP contribution in [0.5, 0.6) is 0 Å². The van der Waals surface area contributed by atoms with Gasteiger partial charge in [0, 0.05) is 24.3 Å². The van der Waals surface area contributed by atoms with Crippen molar-refractivity contribution in [2.75, 3.05) is 0 Å². The molecule has 1 rings (SSSR count). The van der Waals surface area contributed by atoms with Gasteiger partial charge in [0.2, 0.25) is 0 Å². The van der Waals surface area contributed by atoms with E-state index < -0.39 is 0 Å². The average molecular weight is 229 g/mol. The fourth-order valence-corrected chi connectivity index (χ4v) is 1.30. The van der Waals surface area contributed by atoms with Crippen molar-refractivity contribution in [3.8, 4) is 0 Å². The molecule has 4 nitrogen and oxygen atoms in total. The number of hydrogen-bond acceptors (Lipinski definition) is 2. The van der Waals surface area contributed by atoms with E-state index in [9.17, 15) is 9.59 Å². The molecule has 0 fully saturated rings. The molecule has 0 atom stereocenters. The Hall–Kier alpha value is -1.29. The number of aromatic nitrogens is 2. The Morgan fingerprint density at radius 3 is 2.73 bits per heavy atom. The van der Waals surface area contributed by atoms with Crippen molar-refractivity contribution in [2.24, 2.45) is 0 Å². The maximum atomic E-state index is 11.7. The predicted molar refractivity (Wildman–Crippen MR) is 60.2 cm³/mol. The van der Waals surface area contributed by atoms with Crippen molar-refractivity contribution in [2.45, 2.75) is 26.9 Å². The molecule has 0 N–H and O–H groups in total. The lowest BCUT2D eigenvalue weighted by Gasteiger charge is -2.07. The normalized spacial score (nSPS) is 11.8. The highest BCUT2D eigenvalue weighted by Crippen LogP contribution is 1.96. The second-order valence-electron chi connectivity index (χ2n) is 3.26. The van der Waals surface area contributed by atoms with Gasteiger partial charge in [-0.2, -0.15) is 0 Å². The first-order valence-corrected chi connectivity index (χ1v) is 5.10. The molecule has 0 amide bonds. The maximum absolute atomic E-state index is 11.7. The number of rotatable bonds is 3. The number of nitrogens with zero attached hydrogens (tertiary/aromatic N) is 2. The van der Waals surface area contributed by atoms with Crippen LogP contribution < -0.4 is 11.2 Å². The first-order valence-electron chi connectivity index (χ1n) is 4.66. The summed E-state index contributed by atoms with van der Waals surface area (Å²) in [6, 6.07) is 1.38. The topological polar surface area (TPSA) is 44.0 Å². The molecule has 5 heteroatoms. The lowest BCUT2D eigenvalue weighted by molar-refractivity contribution is 0.596. The van der Waals surface area contributed by atoms with E-state index in [1.165, 1.54) is 22.4 Å². The minimum absolute atomic E-state index is 0.238. The van der Waals surface area contributed by atoms with Gasteiger partial charge in [-0.1, -0.05) is 11.6 Å². The third-order valence-electron chi connectivity index (χ3n) is 2.07. The van der Waals surface area contributed by atoms with Gasteiger partial charge >= 0.3 is 5.69 Å². The maximum Gasteiger partial charge on any atom is 0.331 e. The summed E-state index contributed by atoms with van der Waals surface area (Å²) >= 11 is 5.49. The smallest absolute Gasteiger partial charge is 0.301 e. The van der Waals surface area contributed by atoms with E-state index in [1.807, 2.05) is 6.92 Å². The summed E-state index contributed by atoms with van der Waals surface area (Å²) in [4.78, 5) is 23.2. The Bertz CT molecular complexity index is 485. The Morgan fingerprint density at radius 2 is 2.20 bits per heavy atom. The van der Waals surface area contributed by atoms with Crippen molar-refractivity contribution in [1.29, 1.82) is 0 Å². The largest absolute Gasteiger partial charge is 0.331 e. The molecule has 0 radical (unpaired) electrons. The zero-order valence-corrected chi connectivity index (χ0v) is 9.49. The van der Waals surface area contributed by atoms with E-state index in [0.717, 1.165) is 10.1 Å². The molecule has 1 aromatic rings. The van der Waals surface area contributed by atoms with E-state index >= 15 is 0 Å². The highest BCUT2D eigenvalue weighted by atomic mass is 35.5. The van der Waals surface area contributed by atoms with Crippen LogP contribution in [0.4, 0.5) is 0 Å². The van der Waals surface area contributed by atoms with Gasteiger partial charge in [0.15, 0.2) is 0 Å². The summed E-state index contributed by atoms with van der Waals surface area (Å²) in [6.45, 7) is 4.40. The van der Waals surface area contributed by atoms with Crippen LogP contribution in [0.1, 0.15) is 13.8 Å². The van der Waals surface area contributed by atoms with Crippen LogP contribution in [0, 0.1) is 0 Å². The molecule has 0 aliphatic carbocycles. The molecule has 0 bridgehead atoms. The monoisotopic (exact) mass is 228 g/mol. The van der Waals surface area contributed by atoms with Crippen molar-refractivity contribution in [3.05, 3.63) is 44.2 Å². The lowest BCUT2D eigenvalue weighted by atomic mass is 10.3. The van der Waals surface area contributed by atoms with Crippen molar-refractivity contribution in [3.63, 3.8) is 0 Å². The van der Waals surface area contributed by atoms with E-state index in [2.05, 4.69) is 0 Å². The SMILES string of the molecule is CCn1ccc(=O)n(C/C(C)=C/Cl)c1=O. The summed E-state index contributed by atoms with van der Waals surface area (Å²) in [6.07, 6.45) is 1.50. The zero-order chi connectivity index (χ0) is 11.4. The Balaban J connectivity index is 3.28. The van der Waals surface area contributed by atoms with E-state index in [1.54, 1.807) is 6.92 Å². The first kappa shape index (κ1) is 11.8. The third kappa shape index (κ3) is 2.59. The molecule has 0 aromatic carbocycles. The van der Waals surface area contributed by atoms with Crippen LogP contribution in [-0.4, -0.2) is 9.13 Å². The Labute approximate surface area is 92.4 Å². The lowest BCUT2D eigenvalue weighted by Crippen LogP contribution is -2.38. The quantitative estimate of drug-likeness (QED) is 0.780. The van der Waals surface area contributed by atoms with E-state index in [-0.39, 0.29) is 17.8 Å². The van der Waals surface area contributed by atoms with Gasteiger partial charge in [-0.15, -0.1) is 0 Å².